The summed E-state index contributed by atoms with van der Waals surface area (Å²) in [6, 6.07) is 0. The standard InChI is InChI=1S/C6H11B24I20N3O6.Na/c31-11(7-9-13(33)34)15(37)27(51-4(57)1-54)23(45)19(41)17(39)21(43)25(47)29(49)53(6(59)3-56)30(50)26(48)22(44)18(40)20(42)24(46)28(52-5(58)2-55)16(38)12(32)8-10-14(35)36;/h54-56H,1-3H2,(H,51,57)(H,52,58);. The van der Waals surface area contributed by atoms with Gasteiger partial charge in [-0.2, -0.15) is 313 Å². The van der Waals surface area contributed by atoms with Crippen molar-refractivity contribution in [1.29, 1.82) is 0 Å². The van der Waals surface area contributed by atoms with Crippen molar-refractivity contribution in [3.63, 3.8) is 0 Å². The maximum Gasteiger partial charge on any atom is 0.284 e. The van der Waals surface area contributed by atoms with Gasteiger partial charge in [-0.1, -0.05) is 0 Å². The molecule has 0 bridgehead atoms. The molecule has 0 aliphatic rings. The van der Waals surface area contributed by atoms with Crippen molar-refractivity contribution in [3.8, 4) is 0 Å². The van der Waals surface area contributed by atoms with Gasteiger partial charge in [-0.15, -0.1) is 134 Å². The van der Waals surface area contributed by atoms with Gasteiger partial charge < -0.3 is 30.5 Å². The number of hydrogen-bond donors (Lipinski definition) is 5. The maximum absolute atomic E-state index is 13.7. The third-order valence-electron chi connectivity index (χ3n) is 7.72. The molecule has 54 heteroatoms. The van der Waals surface area contributed by atoms with Crippen LogP contribution in [0, 0.1) is 0 Å². The second-order valence-corrected chi connectivity index (χ2v) is 44.7. The van der Waals surface area contributed by atoms with Gasteiger partial charge in [0, 0.05) is 43.7 Å². The Balaban J connectivity index is 0. The molecule has 0 saturated heterocycles. The fourth-order valence-electron chi connectivity index (χ4n) is 4.67. The van der Waals surface area contributed by atoms with Gasteiger partial charge in [0.25, 0.3) is 9.19 Å². The van der Waals surface area contributed by atoms with Gasteiger partial charge >= 0.3 is 0 Å². The molecule has 5 radical (unpaired) electrons. The quantitative estimate of drug-likeness (QED) is 0.0567. The van der Waals surface area contributed by atoms with Crippen molar-refractivity contribution in [3.05, 3.63) is 0 Å². The smallest absolute Gasteiger partial charge is 0.284 e. The molecule has 0 rings (SSSR count). The van der Waals surface area contributed by atoms with Crippen molar-refractivity contribution in [2.75, 3.05) is 19.8 Å². The first-order chi connectivity index (χ1) is 27.2. The molecule has 0 unspecified atom stereocenters. The summed E-state index contributed by atoms with van der Waals surface area (Å²) in [5.41, 5.74) is 0. The molecule has 0 aromatic rings. The number of aliphatic hydroxyl groups excluding tert-OH is 3. The van der Waals surface area contributed by atoms with Gasteiger partial charge in [0.15, 0.2) is 56.8 Å². The molecule has 0 heterocycles. The number of aliphatic hydroxyl groups is 3. The minimum Gasteiger partial charge on any atom is -0.423 e. The minimum atomic E-state index is -0.587. The van der Waals surface area contributed by atoms with Gasteiger partial charge in [-0.05, 0) is 0 Å². The fourth-order valence-corrected chi connectivity index (χ4v) is 28.5. The van der Waals surface area contributed by atoms with Gasteiger partial charge in [0.1, 0.15) is 28.5 Å². The number of amides is 3. The van der Waals surface area contributed by atoms with E-state index in [1.165, 1.54) is 0 Å². The van der Waals surface area contributed by atoms with Crippen LogP contribution in [0.3, 0.4) is 0 Å². The molecule has 299 valence electrons. The summed E-state index contributed by atoms with van der Waals surface area (Å²) in [5.74, 6) is -1.09. The number of nitrogens with one attached hydrogen (secondary N) is 2. The zero-order chi connectivity index (χ0) is 46.2. The average molecular weight is 3040 g/mol. The summed E-state index contributed by atoms with van der Waals surface area (Å²) in [4.78, 5) is 38.8. The summed E-state index contributed by atoms with van der Waals surface area (Å²) in [5, 5.41) is 35.8. The first kappa shape index (κ1) is 77.5. The van der Waals surface area contributed by atoms with Crippen molar-refractivity contribution >= 4 is 611 Å². The van der Waals surface area contributed by atoms with Crippen LogP contribution in [0.1, 0.15) is 0 Å². The molecule has 60 heavy (non-hydrogen) atoms. The predicted octanol–water partition coefficient (Wildman–Crippen LogP) is 4.05. The van der Waals surface area contributed by atoms with Gasteiger partial charge in [-0.3, -0.25) is 14.4 Å². The van der Waals surface area contributed by atoms with Crippen molar-refractivity contribution in [2.24, 2.45) is 0 Å². The van der Waals surface area contributed by atoms with Gasteiger partial charge in [-0.25, -0.2) is 0 Å². The van der Waals surface area contributed by atoms with E-state index < -0.39 is 19.8 Å². The van der Waals surface area contributed by atoms with Crippen LogP contribution >= 0.6 is 447 Å². The average Bonchev–Trinajstić information content (AvgIpc) is 3.21. The maximum atomic E-state index is 13.7. The minimum absolute atomic E-state index is 0. The molecule has 5 N–H and O–H groups in total. The summed E-state index contributed by atoms with van der Waals surface area (Å²) >= 11 is 48.9. The van der Waals surface area contributed by atoms with Crippen LogP contribution in [-0.4, -0.2) is 203 Å². The molecule has 9 nitrogen and oxygen atoms in total. The molecule has 0 aromatic heterocycles. The summed E-state index contributed by atoms with van der Waals surface area (Å²) in [6.07, 6.45) is 0. The molecule has 3 amide bonds. The van der Waals surface area contributed by atoms with E-state index >= 15 is 0 Å². The molecular weight excluding hydrogens is 3030 g/mol. The Morgan fingerprint density at radius 1 is 0.400 bits per heavy atom. The van der Waals surface area contributed by atoms with Gasteiger partial charge in [0.05, 0.1) is 14.1 Å². The monoisotopic (exact) mass is 3050 g/mol. The van der Waals surface area contributed by atoms with Crippen LogP contribution < -0.4 is 10.5 Å². The summed E-state index contributed by atoms with van der Waals surface area (Å²) in [6.45, 7) is -2.11. The third kappa shape index (κ3) is 28.9. The summed E-state index contributed by atoms with van der Waals surface area (Å²) < 4.78 is 3.47. The Labute approximate surface area is 657 Å². The van der Waals surface area contributed by atoms with Crippen LogP contribution in [0.25, 0.3) is 0 Å². The molecule has 0 saturated carbocycles. The molecule has 0 aliphatic heterocycles. The number of rotatable bonds is 29. The normalized spacial score (nSPS) is 9.85. The molecule has 0 atom stereocenters. The Morgan fingerprint density at radius 3 is 0.917 bits per heavy atom. The fraction of sp³-hybridized carbons (Fsp3) is 0.500. The summed E-state index contributed by atoms with van der Waals surface area (Å²) in [7, 11) is 8.70. The second-order valence-electron chi connectivity index (χ2n) is 11.9. The Kier molecular flexibility index (Phi) is 55.8. The topological polar surface area (TPSA) is 139 Å². The van der Waals surface area contributed by atoms with E-state index in [2.05, 4.69) is 486 Å². The molecular formula is C6H11B24I20N3NaO6. The predicted molar refractivity (Wildman–Crippen MR) is 469 cm³/mol. The van der Waals surface area contributed by atoms with E-state index in [0.717, 1.165) is 0 Å². The molecule has 0 aromatic carbocycles. The first-order valence-electron chi connectivity index (χ1n) is 16.1. The number of halogens is 20. The van der Waals surface area contributed by atoms with E-state index in [-0.39, 0.29) is 131 Å². The van der Waals surface area contributed by atoms with Gasteiger partial charge in [0.2, 0.25) is 31.1 Å². The number of carbonyl (C=O) groups excluding carboxylic acids is 3. The van der Waals surface area contributed by atoms with E-state index in [1.54, 1.807) is 0 Å². The van der Waals surface area contributed by atoms with E-state index in [0.29, 0.717) is 4.63 Å². The number of nitrogens with zero attached hydrogens (tertiary/aromatic N) is 1. The SMILES string of the molecule is O=C(CO)NB(B(I)B(I)[B][B]B(I)I)B(I)B(I)B(I)B(I)B(I)B(I)N(B(I)B(I)B(I)B(I)B(I)B(I)B(NC(=O)CO)B(I)B(I)[B][B]B(I)I)C(=O)CO.[Na]. The van der Waals surface area contributed by atoms with E-state index in [4.69, 9.17) is 0 Å². The van der Waals surface area contributed by atoms with Crippen molar-refractivity contribution < 1.29 is 29.7 Å². The van der Waals surface area contributed by atoms with Crippen molar-refractivity contribution in [2.45, 2.75) is 0 Å². The molecule has 0 fully saturated rings. The zero-order valence-corrected chi connectivity index (χ0v) is 75.2. The van der Waals surface area contributed by atoms with Crippen LogP contribution in [0.15, 0.2) is 0 Å². The van der Waals surface area contributed by atoms with Crippen molar-refractivity contribution in [1.82, 2.24) is 15.2 Å². The molecule has 0 spiro atoms. The van der Waals surface area contributed by atoms with E-state index in [1.807, 2.05) is 4.72 Å². The second kappa shape index (κ2) is 43.2. The van der Waals surface area contributed by atoms with Crippen LogP contribution in [0.5, 0.6) is 0 Å². The Morgan fingerprint density at radius 2 is 0.667 bits per heavy atom. The zero-order valence-electron chi connectivity index (χ0n) is 30.1. The largest absolute Gasteiger partial charge is 0.423 e. The van der Waals surface area contributed by atoms with Crippen LogP contribution in [-0.2, 0) is 14.4 Å². The first-order valence-corrected chi connectivity index (χ1v) is 41.0. The molecule has 0 aliphatic carbocycles. The number of hydrogen-bond acceptors (Lipinski definition) is 6. The Hall–Kier alpha value is 15.4. The third-order valence-corrected chi connectivity index (χ3v) is 49.4. The Bertz CT molecular complexity index is 1190. The van der Waals surface area contributed by atoms with Crippen LogP contribution in [0.4, 0.5) is 0 Å². The van der Waals surface area contributed by atoms with E-state index in [9.17, 15) is 29.7 Å². The van der Waals surface area contributed by atoms with Crippen LogP contribution in [0.2, 0.25) is 0 Å². The number of carbonyl (C=O) groups is 3.